The number of rotatable bonds is 8. The zero-order valence-electron chi connectivity index (χ0n) is 23.4. The number of nitriles is 1. The molecule has 0 radical (unpaired) electrons. The van der Waals surface area contributed by atoms with E-state index in [1.165, 1.54) is 25.0 Å². The average Bonchev–Trinajstić information content (AvgIpc) is 3.25. The third kappa shape index (κ3) is 6.63. The van der Waals surface area contributed by atoms with E-state index in [0.717, 1.165) is 53.3 Å². The van der Waals surface area contributed by atoms with Gasteiger partial charge in [-0.25, -0.2) is 0 Å². The standard InChI is InChI=1S/C32H42N4O/c1-8-17-32(5,6)34-31(37)28(22-33)24(4)29-15-16-30(35(29)7)26-14-13-25(23(3)20-26)21-27(9-2)36-18-11-10-12-19-36/h9,13-16,20-21H,3,8,10-12,17-19H2,1-2,4-7H3,(H,34,37)/b25-21-,27-9+,28-24+. The fourth-order valence-corrected chi connectivity index (χ4v) is 5.24. The summed E-state index contributed by atoms with van der Waals surface area (Å²) in [6, 6.07) is 12.5. The smallest absolute Gasteiger partial charge is 0.262 e. The SMILES string of the molecule is C=c1cc(-c2ccc(/C(C)=C(\C#N)C(=O)NC(C)(C)CCC)n2C)cc/c1=C/C(=C\C)N1CCCCC1. The van der Waals surface area contributed by atoms with Crippen LogP contribution in [0.2, 0.25) is 0 Å². The maximum Gasteiger partial charge on any atom is 0.262 e. The van der Waals surface area contributed by atoms with Crippen LogP contribution in [0.3, 0.4) is 0 Å². The highest BCUT2D eigenvalue weighted by Gasteiger charge is 2.24. The van der Waals surface area contributed by atoms with Gasteiger partial charge in [0.1, 0.15) is 11.6 Å². The summed E-state index contributed by atoms with van der Waals surface area (Å²) in [5, 5.41) is 14.9. The molecule has 0 spiro atoms. The predicted octanol–water partition coefficient (Wildman–Crippen LogP) is 5.26. The molecule has 1 saturated heterocycles. The number of carbonyl (C=O) groups excluding carboxylic acids is 1. The normalized spacial score (nSPS) is 15.9. The number of amides is 1. The Kier molecular flexibility index (Phi) is 9.21. The molecule has 2 aromatic rings. The van der Waals surface area contributed by atoms with Gasteiger partial charge in [-0.05, 0) is 99.2 Å². The number of likely N-dealkylation sites (tertiary alicyclic amines) is 1. The Hall–Kier alpha value is -3.52. The van der Waals surface area contributed by atoms with E-state index in [4.69, 9.17) is 0 Å². The van der Waals surface area contributed by atoms with E-state index < -0.39 is 0 Å². The van der Waals surface area contributed by atoms with Crippen LogP contribution in [0, 0.1) is 11.3 Å². The molecule has 1 aliphatic heterocycles. The summed E-state index contributed by atoms with van der Waals surface area (Å²) >= 11 is 0. The van der Waals surface area contributed by atoms with Crippen LogP contribution in [-0.4, -0.2) is 34.0 Å². The van der Waals surface area contributed by atoms with Crippen LogP contribution in [0.4, 0.5) is 0 Å². The molecule has 5 heteroatoms. The van der Waals surface area contributed by atoms with E-state index in [1.54, 1.807) is 0 Å². The van der Waals surface area contributed by atoms with Gasteiger partial charge < -0.3 is 14.8 Å². The van der Waals surface area contributed by atoms with Crippen molar-refractivity contribution in [1.29, 1.82) is 5.26 Å². The van der Waals surface area contributed by atoms with Crippen LogP contribution >= 0.6 is 0 Å². The van der Waals surface area contributed by atoms with E-state index in [9.17, 15) is 10.1 Å². The molecular weight excluding hydrogens is 456 g/mol. The molecule has 1 amide bonds. The average molecular weight is 499 g/mol. The van der Waals surface area contributed by atoms with Gasteiger partial charge in [-0.1, -0.05) is 38.1 Å². The monoisotopic (exact) mass is 498 g/mol. The lowest BCUT2D eigenvalue weighted by atomic mass is 9.97. The number of hydrogen-bond acceptors (Lipinski definition) is 3. The second kappa shape index (κ2) is 12.1. The largest absolute Gasteiger partial charge is 0.372 e. The quantitative estimate of drug-likeness (QED) is 0.399. The maximum atomic E-state index is 13.0. The van der Waals surface area contributed by atoms with Crippen molar-refractivity contribution in [3.63, 3.8) is 0 Å². The van der Waals surface area contributed by atoms with Crippen LogP contribution in [-0.2, 0) is 11.8 Å². The van der Waals surface area contributed by atoms with Gasteiger partial charge in [-0.3, -0.25) is 4.79 Å². The Morgan fingerprint density at radius 1 is 1.19 bits per heavy atom. The van der Waals surface area contributed by atoms with Gasteiger partial charge in [0.2, 0.25) is 0 Å². The van der Waals surface area contributed by atoms with Gasteiger partial charge in [-0.15, -0.1) is 0 Å². The summed E-state index contributed by atoms with van der Waals surface area (Å²) in [7, 11) is 1.97. The van der Waals surface area contributed by atoms with Crippen molar-refractivity contribution in [1.82, 2.24) is 14.8 Å². The lowest BCUT2D eigenvalue weighted by molar-refractivity contribution is -0.118. The molecule has 1 aromatic carbocycles. The Morgan fingerprint density at radius 3 is 2.49 bits per heavy atom. The molecule has 3 rings (SSSR count). The summed E-state index contributed by atoms with van der Waals surface area (Å²) in [5.41, 5.74) is 4.61. The van der Waals surface area contributed by atoms with Gasteiger partial charge in [0, 0.05) is 42.8 Å². The van der Waals surface area contributed by atoms with E-state index >= 15 is 0 Å². The summed E-state index contributed by atoms with van der Waals surface area (Å²) in [4.78, 5) is 15.4. The topological polar surface area (TPSA) is 61.1 Å². The van der Waals surface area contributed by atoms with Crippen molar-refractivity contribution in [2.75, 3.05) is 13.1 Å². The summed E-state index contributed by atoms with van der Waals surface area (Å²) in [6.07, 6.45) is 10.0. The van der Waals surface area contributed by atoms with Crippen LogP contribution < -0.4 is 15.8 Å². The van der Waals surface area contributed by atoms with E-state index in [-0.39, 0.29) is 17.0 Å². The lowest BCUT2D eigenvalue weighted by Crippen LogP contribution is -2.43. The number of aromatic nitrogens is 1. The minimum absolute atomic E-state index is 0.149. The third-order valence-corrected chi connectivity index (χ3v) is 7.31. The number of nitrogens with one attached hydrogen (secondary N) is 1. The molecule has 1 fully saturated rings. The van der Waals surface area contributed by atoms with Gasteiger partial charge in [0.15, 0.2) is 0 Å². The van der Waals surface area contributed by atoms with E-state index in [0.29, 0.717) is 5.57 Å². The zero-order chi connectivity index (χ0) is 27.2. The molecule has 0 atom stereocenters. The van der Waals surface area contributed by atoms with Gasteiger partial charge in [0.25, 0.3) is 5.91 Å². The Morgan fingerprint density at radius 2 is 1.89 bits per heavy atom. The first kappa shape index (κ1) is 28.1. The molecule has 0 unspecified atom stereocenters. The highest BCUT2D eigenvalue weighted by Crippen LogP contribution is 2.26. The summed E-state index contributed by atoms with van der Waals surface area (Å²) in [5.74, 6) is -0.324. The number of piperidine rings is 1. The zero-order valence-corrected chi connectivity index (χ0v) is 23.4. The molecule has 1 aromatic heterocycles. The fraction of sp³-hybridized carbons (Fsp3) is 0.438. The Bertz CT molecular complexity index is 1340. The summed E-state index contributed by atoms with van der Waals surface area (Å²) in [6.45, 7) is 16.6. The molecule has 1 aliphatic rings. The van der Waals surface area contributed by atoms with E-state index in [2.05, 4.69) is 67.1 Å². The molecule has 37 heavy (non-hydrogen) atoms. The van der Waals surface area contributed by atoms with Gasteiger partial charge in [-0.2, -0.15) is 5.26 Å². The van der Waals surface area contributed by atoms with Gasteiger partial charge >= 0.3 is 0 Å². The van der Waals surface area contributed by atoms with Crippen molar-refractivity contribution in [2.24, 2.45) is 7.05 Å². The number of allylic oxidation sites excluding steroid dienone is 3. The Balaban J connectivity index is 1.92. The first-order chi connectivity index (χ1) is 17.6. The molecule has 0 aliphatic carbocycles. The summed E-state index contributed by atoms with van der Waals surface area (Å²) < 4.78 is 2.04. The van der Waals surface area contributed by atoms with Gasteiger partial charge in [0.05, 0.1) is 0 Å². The molecular formula is C32H42N4O. The van der Waals surface area contributed by atoms with E-state index in [1.807, 2.05) is 44.5 Å². The van der Waals surface area contributed by atoms with Crippen LogP contribution in [0.25, 0.3) is 29.5 Å². The molecule has 196 valence electrons. The second-order valence-corrected chi connectivity index (χ2v) is 10.7. The van der Waals surface area contributed by atoms with Crippen LogP contribution in [0.15, 0.2) is 47.7 Å². The number of carbonyl (C=O) groups is 1. The maximum absolute atomic E-state index is 13.0. The lowest BCUT2D eigenvalue weighted by Gasteiger charge is -2.29. The van der Waals surface area contributed by atoms with Crippen molar-refractivity contribution in [3.8, 4) is 17.3 Å². The first-order valence-corrected chi connectivity index (χ1v) is 13.4. The molecule has 1 N–H and O–H groups in total. The highest BCUT2D eigenvalue weighted by atomic mass is 16.1. The van der Waals surface area contributed by atoms with Crippen LogP contribution in [0.1, 0.15) is 72.4 Å². The molecule has 2 heterocycles. The number of nitrogens with zero attached hydrogens (tertiary/aromatic N) is 3. The first-order valence-electron chi connectivity index (χ1n) is 13.4. The second-order valence-electron chi connectivity index (χ2n) is 10.7. The molecule has 0 bridgehead atoms. The Labute approximate surface area is 222 Å². The highest BCUT2D eigenvalue weighted by molar-refractivity contribution is 6.04. The number of hydrogen-bond donors (Lipinski definition) is 1. The minimum atomic E-state index is -0.363. The fourth-order valence-electron chi connectivity index (χ4n) is 5.24. The van der Waals surface area contributed by atoms with Crippen molar-refractivity contribution >= 4 is 24.1 Å². The third-order valence-electron chi connectivity index (χ3n) is 7.31. The van der Waals surface area contributed by atoms with Crippen LogP contribution in [0.5, 0.6) is 0 Å². The van der Waals surface area contributed by atoms with Crippen molar-refractivity contribution < 1.29 is 4.79 Å². The minimum Gasteiger partial charge on any atom is -0.372 e. The van der Waals surface area contributed by atoms with Crippen molar-refractivity contribution in [3.05, 3.63) is 63.8 Å². The van der Waals surface area contributed by atoms with Crippen molar-refractivity contribution in [2.45, 2.75) is 72.3 Å². The number of benzene rings is 1. The molecule has 0 saturated carbocycles. The predicted molar refractivity (Wildman–Crippen MR) is 155 cm³/mol. The molecule has 5 nitrogen and oxygen atoms in total.